The molecule has 0 aliphatic rings. The summed E-state index contributed by atoms with van der Waals surface area (Å²) < 4.78 is 5.13. The van der Waals surface area contributed by atoms with Crippen LogP contribution in [0.2, 0.25) is 0 Å². The maximum absolute atomic E-state index is 12.2. The van der Waals surface area contributed by atoms with Crippen molar-refractivity contribution in [1.29, 1.82) is 0 Å². The molecule has 1 amide bonds. The molecule has 0 heterocycles. The van der Waals surface area contributed by atoms with E-state index in [-0.39, 0.29) is 5.91 Å². The molecule has 4 nitrogen and oxygen atoms in total. The Balaban J connectivity index is 1.87. The van der Waals surface area contributed by atoms with Crippen molar-refractivity contribution in [3.05, 3.63) is 59.7 Å². The van der Waals surface area contributed by atoms with E-state index < -0.39 is 0 Å². The van der Waals surface area contributed by atoms with E-state index in [0.29, 0.717) is 19.4 Å². The zero-order chi connectivity index (χ0) is 15.9. The molecule has 0 saturated heterocycles. The van der Waals surface area contributed by atoms with Gasteiger partial charge in [-0.3, -0.25) is 4.79 Å². The van der Waals surface area contributed by atoms with Gasteiger partial charge in [-0.2, -0.15) is 0 Å². The molecule has 0 atom stereocenters. The average Bonchev–Trinajstić information content (AvgIpc) is 2.54. The number of methoxy groups -OCH3 is 1. The molecule has 2 N–H and O–H groups in total. The molecule has 0 aliphatic carbocycles. The Morgan fingerprint density at radius 2 is 1.82 bits per heavy atom. The summed E-state index contributed by atoms with van der Waals surface area (Å²) in [6.45, 7) is 0.590. The predicted molar refractivity (Wildman–Crippen MR) is 88.6 cm³/mol. The number of nitrogens with zero attached hydrogens (tertiary/aromatic N) is 1. The number of ether oxygens (including phenoxy) is 1. The lowest BCUT2D eigenvalue weighted by molar-refractivity contribution is -0.130. The molecule has 0 fully saturated rings. The predicted octanol–water partition coefficient (Wildman–Crippen LogP) is 2.87. The van der Waals surface area contributed by atoms with Gasteiger partial charge >= 0.3 is 0 Å². The van der Waals surface area contributed by atoms with Crippen molar-refractivity contribution in [3.8, 4) is 5.75 Å². The second-order valence-corrected chi connectivity index (χ2v) is 5.30. The van der Waals surface area contributed by atoms with Gasteiger partial charge in [-0.1, -0.05) is 30.3 Å². The molecular weight excluding hydrogens is 276 g/mol. The summed E-state index contributed by atoms with van der Waals surface area (Å²) in [5.41, 5.74) is 8.74. The molecule has 4 heteroatoms. The van der Waals surface area contributed by atoms with Gasteiger partial charge in [0.25, 0.3) is 0 Å². The first kappa shape index (κ1) is 15.9. The van der Waals surface area contributed by atoms with Crippen LogP contribution in [0.25, 0.3) is 0 Å². The zero-order valence-electron chi connectivity index (χ0n) is 13.1. The third-order valence-corrected chi connectivity index (χ3v) is 3.67. The number of amides is 1. The lowest BCUT2D eigenvalue weighted by atomic mass is 10.1. The molecule has 2 aromatic rings. The summed E-state index contributed by atoms with van der Waals surface area (Å²) in [6.07, 6.45) is 1.12. The Morgan fingerprint density at radius 3 is 2.45 bits per heavy atom. The minimum atomic E-state index is 0.110. The molecule has 0 bridgehead atoms. The molecular formula is C18H22N2O2. The third kappa shape index (κ3) is 4.25. The van der Waals surface area contributed by atoms with Crippen LogP contribution in [0.3, 0.4) is 0 Å². The molecule has 0 spiro atoms. The highest BCUT2D eigenvalue weighted by Gasteiger charge is 2.10. The number of nitrogen functional groups attached to an aromatic ring is 1. The first-order chi connectivity index (χ1) is 10.6. The average molecular weight is 298 g/mol. The van der Waals surface area contributed by atoms with Crippen LogP contribution in [0.4, 0.5) is 5.69 Å². The lowest BCUT2D eigenvalue weighted by Crippen LogP contribution is -2.26. The number of aryl methyl sites for hydroxylation is 1. The molecule has 0 aliphatic heterocycles. The van der Waals surface area contributed by atoms with Gasteiger partial charge in [0, 0.05) is 25.7 Å². The fraction of sp³-hybridized carbons (Fsp3) is 0.278. The topological polar surface area (TPSA) is 55.6 Å². The number of para-hydroxylation sites is 1. The van der Waals surface area contributed by atoms with Crippen LogP contribution in [0.1, 0.15) is 17.5 Å². The van der Waals surface area contributed by atoms with Crippen LogP contribution < -0.4 is 10.5 Å². The van der Waals surface area contributed by atoms with E-state index in [1.807, 2.05) is 55.6 Å². The van der Waals surface area contributed by atoms with Gasteiger partial charge in [0.1, 0.15) is 5.75 Å². The normalized spacial score (nSPS) is 10.3. The van der Waals surface area contributed by atoms with Crippen molar-refractivity contribution in [2.75, 3.05) is 19.9 Å². The smallest absolute Gasteiger partial charge is 0.222 e. The molecule has 0 radical (unpaired) electrons. The maximum Gasteiger partial charge on any atom is 0.222 e. The standard InChI is InChI=1S/C18H22N2O2/c1-20(13-14-7-10-16(22-2)11-8-14)18(21)12-9-15-5-3-4-6-17(15)19/h3-8,10-11H,9,12-13,19H2,1-2H3. The second-order valence-electron chi connectivity index (χ2n) is 5.30. The quantitative estimate of drug-likeness (QED) is 0.834. The SMILES string of the molecule is COc1ccc(CN(C)C(=O)CCc2ccccc2N)cc1. The van der Waals surface area contributed by atoms with Gasteiger partial charge in [-0.05, 0) is 35.7 Å². The molecule has 0 unspecified atom stereocenters. The number of rotatable bonds is 6. The summed E-state index contributed by atoms with van der Waals surface area (Å²) in [7, 11) is 3.46. The lowest BCUT2D eigenvalue weighted by Gasteiger charge is -2.17. The zero-order valence-corrected chi connectivity index (χ0v) is 13.1. The molecule has 116 valence electrons. The fourth-order valence-corrected chi connectivity index (χ4v) is 2.29. The molecule has 2 rings (SSSR count). The second kappa shape index (κ2) is 7.50. The van der Waals surface area contributed by atoms with Gasteiger partial charge in [-0.15, -0.1) is 0 Å². The highest BCUT2D eigenvalue weighted by molar-refractivity contribution is 5.76. The molecule has 22 heavy (non-hydrogen) atoms. The molecule has 0 aromatic heterocycles. The maximum atomic E-state index is 12.2. The van der Waals surface area contributed by atoms with E-state index in [0.717, 1.165) is 22.6 Å². The highest BCUT2D eigenvalue weighted by atomic mass is 16.5. The Kier molecular flexibility index (Phi) is 5.42. The van der Waals surface area contributed by atoms with Gasteiger partial charge in [0.05, 0.1) is 7.11 Å². The van der Waals surface area contributed by atoms with E-state index >= 15 is 0 Å². The van der Waals surface area contributed by atoms with Crippen LogP contribution in [-0.4, -0.2) is 25.0 Å². The summed E-state index contributed by atoms with van der Waals surface area (Å²) >= 11 is 0. The van der Waals surface area contributed by atoms with Crippen LogP contribution in [0.5, 0.6) is 5.75 Å². The van der Waals surface area contributed by atoms with Gasteiger partial charge < -0.3 is 15.4 Å². The largest absolute Gasteiger partial charge is 0.497 e. The van der Waals surface area contributed by atoms with Gasteiger partial charge in [0.2, 0.25) is 5.91 Å². The summed E-state index contributed by atoms with van der Waals surface area (Å²) in [5, 5.41) is 0. The first-order valence-corrected chi connectivity index (χ1v) is 7.30. The Morgan fingerprint density at radius 1 is 1.14 bits per heavy atom. The van der Waals surface area contributed by atoms with E-state index in [4.69, 9.17) is 10.5 Å². The van der Waals surface area contributed by atoms with Gasteiger partial charge in [-0.25, -0.2) is 0 Å². The van der Waals surface area contributed by atoms with Crippen LogP contribution in [-0.2, 0) is 17.8 Å². The monoisotopic (exact) mass is 298 g/mol. The van der Waals surface area contributed by atoms with Crippen LogP contribution in [0, 0.1) is 0 Å². The summed E-state index contributed by atoms with van der Waals surface area (Å²) in [5.74, 6) is 0.927. The highest BCUT2D eigenvalue weighted by Crippen LogP contribution is 2.15. The van der Waals surface area contributed by atoms with Crippen molar-refractivity contribution in [1.82, 2.24) is 4.90 Å². The van der Waals surface area contributed by atoms with Crippen molar-refractivity contribution < 1.29 is 9.53 Å². The number of hydrogen-bond donors (Lipinski definition) is 1. The minimum absolute atomic E-state index is 0.110. The Labute approximate surface area is 131 Å². The number of anilines is 1. The summed E-state index contributed by atoms with van der Waals surface area (Å²) in [6, 6.07) is 15.4. The molecule has 2 aromatic carbocycles. The Hall–Kier alpha value is -2.49. The van der Waals surface area contributed by atoms with Crippen molar-refractivity contribution in [3.63, 3.8) is 0 Å². The number of carbonyl (C=O) groups excluding carboxylic acids is 1. The Bertz CT molecular complexity index is 623. The van der Waals surface area contributed by atoms with E-state index in [2.05, 4.69) is 0 Å². The minimum Gasteiger partial charge on any atom is -0.497 e. The number of carbonyl (C=O) groups is 1. The van der Waals surface area contributed by atoms with Crippen LogP contribution in [0.15, 0.2) is 48.5 Å². The van der Waals surface area contributed by atoms with Gasteiger partial charge in [0.15, 0.2) is 0 Å². The summed E-state index contributed by atoms with van der Waals surface area (Å²) in [4.78, 5) is 14.0. The third-order valence-electron chi connectivity index (χ3n) is 3.67. The van der Waals surface area contributed by atoms with E-state index in [1.54, 1.807) is 12.0 Å². The number of hydrogen-bond acceptors (Lipinski definition) is 3. The van der Waals surface area contributed by atoms with Crippen molar-refractivity contribution in [2.24, 2.45) is 0 Å². The number of benzene rings is 2. The van der Waals surface area contributed by atoms with Crippen LogP contribution >= 0.6 is 0 Å². The number of nitrogens with two attached hydrogens (primary N) is 1. The van der Waals surface area contributed by atoms with E-state index in [1.165, 1.54) is 0 Å². The first-order valence-electron chi connectivity index (χ1n) is 7.30. The molecule has 0 saturated carbocycles. The fourth-order valence-electron chi connectivity index (χ4n) is 2.29. The van der Waals surface area contributed by atoms with E-state index in [9.17, 15) is 4.79 Å². The van der Waals surface area contributed by atoms with Crippen molar-refractivity contribution >= 4 is 11.6 Å². The van der Waals surface area contributed by atoms with Crippen molar-refractivity contribution in [2.45, 2.75) is 19.4 Å².